The lowest BCUT2D eigenvalue weighted by atomic mass is 9.95. The van der Waals surface area contributed by atoms with Crippen LogP contribution in [-0.2, 0) is 15.7 Å². The van der Waals surface area contributed by atoms with E-state index in [9.17, 15) is 18.0 Å². The lowest BCUT2D eigenvalue weighted by Crippen LogP contribution is -2.31. The van der Waals surface area contributed by atoms with Crippen LogP contribution in [0.3, 0.4) is 0 Å². The highest BCUT2D eigenvalue weighted by Gasteiger charge is 2.39. The Morgan fingerprint density at radius 3 is 2.55 bits per heavy atom. The van der Waals surface area contributed by atoms with Crippen molar-refractivity contribution in [2.75, 3.05) is 13.7 Å². The van der Waals surface area contributed by atoms with E-state index in [1.807, 2.05) is 6.92 Å². The molecule has 1 aliphatic rings. The van der Waals surface area contributed by atoms with Crippen LogP contribution in [0.5, 0.6) is 0 Å². The number of rotatable bonds is 4. The molecule has 2 atom stereocenters. The second kappa shape index (κ2) is 6.22. The minimum atomic E-state index is -4.45. The number of benzene rings is 1. The Morgan fingerprint density at radius 1 is 1.32 bits per heavy atom. The maximum Gasteiger partial charge on any atom is 0.416 e. The number of halogens is 3. The second-order valence-corrected chi connectivity index (χ2v) is 5.32. The molecule has 6 heteroatoms. The first-order valence-corrected chi connectivity index (χ1v) is 7.00. The minimum Gasteiger partial charge on any atom is -0.380 e. The van der Waals surface area contributed by atoms with E-state index in [4.69, 9.17) is 10.5 Å². The van der Waals surface area contributed by atoms with Crippen LogP contribution in [0.4, 0.5) is 13.2 Å². The summed E-state index contributed by atoms with van der Waals surface area (Å²) in [5.41, 5.74) is 6.39. The van der Waals surface area contributed by atoms with Gasteiger partial charge in [-0.3, -0.25) is 4.79 Å². The average Bonchev–Trinajstić information content (AvgIpc) is 2.69. The molecule has 2 unspecified atom stereocenters. The topological polar surface area (TPSA) is 52.3 Å². The molecule has 0 bridgehead atoms. The van der Waals surface area contributed by atoms with Gasteiger partial charge in [0, 0.05) is 24.6 Å². The quantitative estimate of drug-likeness (QED) is 0.929. The number of hydrogen-bond donors (Lipinski definition) is 1. The monoisotopic (exact) mass is 313 g/mol. The molecule has 0 radical (unpaired) electrons. The molecule has 0 aliphatic heterocycles. The molecule has 0 saturated heterocycles. The lowest BCUT2D eigenvalue weighted by Gasteiger charge is -2.14. The first kappa shape index (κ1) is 16.7. The molecule has 0 heterocycles. The summed E-state index contributed by atoms with van der Waals surface area (Å²) in [5, 5.41) is 0. The highest BCUT2D eigenvalue weighted by Crippen LogP contribution is 2.38. The summed E-state index contributed by atoms with van der Waals surface area (Å²) in [6.07, 6.45) is -3.92. The zero-order valence-corrected chi connectivity index (χ0v) is 12.4. The summed E-state index contributed by atoms with van der Waals surface area (Å²) in [6, 6.07) is 4.27. The molecule has 1 aromatic rings. The van der Waals surface area contributed by atoms with Gasteiger partial charge in [-0.15, -0.1) is 0 Å². The summed E-state index contributed by atoms with van der Waals surface area (Å²) in [6.45, 7) is 1.97. The third kappa shape index (κ3) is 2.94. The van der Waals surface area contributed by atoms with Crippen molar-refractivity contribution >= 4 is 11.4 Å². The van der Waals surface area contributed by atoms with E-state index >= 15 is 0 Å². The van der Waals surface area contributed by atoms with Crippen LogP contribution in [0, 0.1) is 5.92 Å². The zero-order valence-electron chi connectivity index (χ0n) is 12.4. The molecular formula is C16H18F3NO2. The van der Waals surface area contributed by atoms with Crippen molar-refractivity contribution in [1.82, 2.24) is 0 Å². The number of nitrogens with two attached hydrogens (primary N) is 1. The van der Waals surface area contributed by atoms with E-state index < -0.39 is 23.7 Å². The predicted molar refractivity (Wildman–Crippen MR) is 77.0 cm³/mol. The normalized spacial score (nSPS) is 22.5. The lowest BCUT2D eigenvalue weighted by molar-refractivity contribution is -0.137. The molecule has 120 valence electrons. The van der Waals surface area contributed by atoms with Gasteiger partial charge in [0.2, 0.25) is 0 Å². The predicted octanol–water partition coefficient (Wildman–Crippen LogP) is 3.04. The van der Waals surface area contributed by atoms with Crippen LogP contribution in [0.1, 0.15) is 24.5 Å². The molecule has 1 aliphatic carbocycles. The molecule has 22 heavy (non-hydrogen) atoms. The first-order chi connectivity index (χ1) is 10.3. The van der Waals surface area contributed by atoms with Crippen molar-refractivity contribution in [2.45, 2.75) is 25.6 Å². The molecule has 2 N–H and O–H groups in total. The number of Topliss-reactive ketones (excluding diaryl/α,β-unsaturated/α-hetero) is 1. The number of methoxy groups -OCH3 is 1. The molecule has 0 aromatic heterocycles. The Bertz CT molecular complexity index is 608. The standard InChI is InChI=1S/C16H18F3NO2/c1-3-11-14(20)12(8-22-2)13(15(11)21)9-5-4-6-10(7-9)16(17,18)19/h4-7,11,14H,3,8,20H2,1-2H3. The fourth-order valence-corrected chi connectivity index (χ4v) is 2.86. The SMILES string of the molecule is CCC1C(=O)C(c2cccc(C(F)(F)F)c2)=C(COC)C1N. The highest BCUT2D eigenvalue weighted by molar-refractivity contribution is 6.25. The Kier molecular flexibility index (Phi) is 4.72. The fourth-order valence-electron chi connectivity index (χ4n) is 2.86. The van der Waals surface area contributed by atoms with Gasteiger partial charge in [-0.05, 0) is 29.7 Å². The summed E-state index contributed by atoms with van der Waals surface area (Å²) >= 11 is 0. The van der Waals surface area contributed by atoms with Crippen LogP contribution in [0.25, 0.3) is 5.57 Å². The van der Waals surface area contributed by atoms with Crippen molar-refractivity contribution in [3.8, 4) is 0 Å². The van der Waals surface area contributed by atoms with Gasteiger partial charge in [-0.2, -0.15) is 13.2 Å². The van der Waals surface area contributed by atoms with Gasteiger partial charge in [-0.1, -0.05) is 19.1 Å². The molecule has 1 aromatic carbocycles. The van der Waals surface area contributed by atoms with Gasteiger partial charge in [0.15, 0.2) is 5.78 Å². The Balaban J connectivity index is 2.54. The number of allylic oxidation sites excluding steroid dienone is 1. The zero-order chi connectivity index (χ0) is 16.5. The maximum absolute atomic E-state index is 12.9. The Hall–Kier alpha value is -1.66. The van der Waals surface area contributed by atoms with Crippen molar-refractivity contribution in [3.05, 3.63) is 41.0 Å². The van der Waals surface area contributed by atoms with Crippen LogP contribution in [0.15, 0.2) is 29.8 Å². The van der Waals surface area contributed by atoms with E-state index in [0.29, 0.717) is 12.0 Å². The number of carbonyl (C=O) groups is 1. The summed E-state index contributed by atoms with van der Waals surface area (Å²) in [7, 11) is 1.47. The summed E-state index contributed by atoms with van der Waals surface area (Å²) < 4.78 is 43.7. The number of hydrogen-bond acceptors (Lipinski definition) is 3. The number of alkyl halides is 3. The molecule has 0 amide bonds. The van der Waals surface area contributed by atoms with Gasteiger partial charge >= 0.3 is 6.18 Å². The van der Waals surface area contributed by atoms with Crippen molar-refractivity contribution in [2.24, 2.45) is 11.7 Å². The van der Waals surface area contributed by atoms with Gasteiger partial charge in [-0.25, -0.2) is 0 Å². The van der Waals surface area contributed by atoms with Gasteiger partial charge in [0.05, 0.1) is 12.2 Å². The molecule has 0 fully saturated rings. The van der Waals surface area contributed by atoms with Crippen molar-refractivity contribution in [3.63, 3.8) is 0 Å². The summed E-state index contributed by atoms with van der Waals surface area (Å²) in [5.74, 6) is -0.615. The number of carbonyl (C=O) groups excluding carboxylic acids is 1. The first-order valence-electron chi connectivity index (χ1n) is 7.00. The van der Waals surface area contributed by atoms with Crippen LogP contribution in [0.2, 0.25) is 0 Å². The van der Waals surface area contributed by atoms with Crippen molar-refractivity contribution in [1.29, 1.82) is 0 Å². The van der Waals surface area contributed by atoms with Crippen LogP contribution in [-0.4, -0.2) is 25.5 Å². The maximum atomic E-state index is 12.9. The van der Waals surface area contributed by atoms with E-state index in [1.165, 1.54) is 19.2 Å². The van der Waals surface area contributed by atoms with E-state index in [2.05, 4.69) is 0 Å². The van der Waals surface area contributed by atoms with E-state index in [1.54, 1.807) is 0 Å². The molecule has 0 saturated carbocycles. The molecular weight excluding hydrogens is 295 g/mol. The van der Waals surface area contributed by atoms with Gasteiger partial charge in [0.25, 0.3) is 0 Å². The second-order valence-electron chi connectivity index (χ2n) is 5.32. The smallest absolute Gasteiger partial charge is 0.380 e. The largest absolute Gasteiger partial charge is 0.416 e. The molecule has 0 spiro atoms. The Labute approximate surface area is 126 Å². The number of ether oxygens (including phenoxy) is 1. The molecule has 3 nitrogen and oxygen atoms in total. The summed E-state index contributed by atoms with van der Waals surface area (Å²) in [4.78, 5) is 12.5. The van der Waals surface area contributed by atoms with Crippen molar-refractivity contribution < 1.29 is 22.7 Å². The molecule has 2 rings (SSSR count). The number of ketones is 1. The minimum absolute atomic E-state index is 0.134. The third-order valence-corrected chi connectivity index (χ3v) is 3.96. The third-order valence-electron chi connectivity index (χ3n) is 3.96. The highest BCUT2D eigenvalue weighted by atomic mass is 19.4. The fraction of sp³-hybridized carbons (Fsp3) is 0.438. The van der Waals surface area contributed by atoms with Crippen LogP contribution >= 0.6 is 0 Å². The average molecular weight is 313 g/mol. The van der Waals surface area contributed by atoms with Gasteiger partial charge in [0.1, 0.15) is 0 Å². The van der Waals surface area contributed by atoms with Crippen LogP contribution < -0.4 is 5.73 Å². The van der Waals surface area contributed by atoms with Gasteiger partial charge < -0.3 is 10.5 Å². The Morgan fingerprint density at radius 2 is 2.00 bits per heavy atom. The van der Waals surface area contributed by atoms with E-state index in [-0.39, 0.29) is 23.5 Å². The van der Waals surface area contributed by atoms with E-state index in [0.717, 1.165) is 12.1 Å².